The molecule has 0 saturated carbocycles. The maximum Gasteiger partial charge on any atom is 0.420 e. The number of hydrogen-bond donors (Lipinski definition) is 1. The number of amides is 1. The van der Waals surface area contributed by atoms with Crippen LogP contribution in [0.2, 0.25) is 5.02 Å². The van der Waals surface area contributed by atoms with Gasteiger partial charge in [-0.05, 0) is 23.8 Å². The SMILES string of the molecule is O=C(COc1ccc([N+](=O)[O-])cc1C(F)(F)F)NCc1cccc(Cl)c1. The van der Waals surface area contributed by atoms with Crippen LogP contribution in [-0.2, 0) is 17.5 Å². The molecule has 0 fully saturated rings. The van der Waals surface area contributed by atoms with Gasteiger partial charge in [-0.25, -0.2) is 0 Å². The second kappa shape index (κ2) is 8.05. The van der Waals surface area contributed by atoms with Crippen LogP contribution in [0.5, 0.6) is 5.75 Å². The number of benzene rings is 2. The Bertz CT molecular complexity index is 827. The highest BCUT2D eigenvalue weighted by molar-refractivity contribution is 6.30. The van der Waals surface area contributed by atoms with E-state index in [1.54, 1.807) is 24.3 Å². The maximum atomic E-state index is 13.0. The monoisotopic (exact) mass is 388 g/mol. The standard InChI is InChI=1S/C16H12ClF3N2O4/c17-11-3-1-2-10(6-11)8-21-15(23)9-26-14-5-4-12(22(24)25)7-13(14)16(18,19)20/h1-7H,8-9H2,(H,21,23). The average molecular weight is 389 g/mol. The molecule has 0 aliphatic carbocycles. The van der Waals surface area contributed by atoms with Gasteiger partial charge in [0.05, 0.1) is 4.92 Å². The lowest BCUT2D eigenvalue weighted by Crippen LogP contribution is -2.28. The van der Waals surface area contributed by atoms with Gasteiger partial charge in [-0.3, -0.25) is 14.9 Å². The second-order valence-corrected chi connectivity index (χ2v) is 5.57. The number of carbonyl (C=O) groups is 1. The van der Waals surface area contributed by atoms with E-state index < -0.39 is 40.6 Å². The number of nitrogens with zero attached hydrogens (tertiary/aromatic N) is 1. The van der Waals surface area contributed by atoms with Crippen molar-refractivity contribution in [3.63, 3.8) is 0 Å². The molecule has 2 aromatic carbocycles. The van der Waals surface area contributed by atoms with Crippen LogP contribution in [0.1, 0.15) is 11.1 Å². The number of rotatable bonds is 6. The van der Waals surface area contributed by atoms with Gasteiger partial charge < -0.3 is 10.1 Å². The molecule has 0 aliphatic rings. The van der Waals surface area contributed by atoms with Crippen molar-refractivity contribution in [2.75, 3.05) is 6.61 Å². The molecule has 0 spiro atoms. The molecule has 6 nitrogen and oxygen atoms in total. The zero-order valence-electron chi connectivity index (χ0n) is 13.0. The van der Waals surface area contributed by atoms with Crippen molar-refractivity contribution in [1.29, 1.82) is 0 Å². The molecule has 1 N–H and O–H groups in total. The summed E-state index contributed by atoms with van der Waals surface area (Å²) in [6.07, 6.45) is -4.86. The van der Waals surface area contributed by atoms with Crippen LogP contribution in [0.25, 0.3) is 0 Å². The molecule has 10 heteroatoms. The number of nitro groups is 1. The Morgan fingerprint density at radius 2 is 1.96 bits per heavy atom. The van der Waals surface area contributed by atoms with Crippen molar-refractivity contribution in [2.24, 2.45) is 0 Å². The van der Waals surface area contributed by atoms with Gasteiger partial charge in [-0.15, -0.1) is 0 Å². The number of halogens is 4. The van der Waals surface area contributed by atoms with Crippen LogP contribution in [0.15, 0.2) is 42.5 Å². The van der Waals surface area contributed by atoms with Crippen LogP contribution >= 0.6 is 11.6 Å². The summed E-state index contributed by atoms with van der Waals surface area (Å²) in [5, 5.41) is 13.6. The summed E-state index contributed by atoms with van der Waals surface area (Å²) >= 11 is 5.80. The molecule has 1 amide bonds. The fourth-order valence-corrected chi connectivity index (χ4v) is 2.23. The summed E-state index contributed by atoms with van der Waals surface area (Å²) in [7, 11) is 0. The quantitative estimate of drug-likeness (QED) is 0.600. The number of non-ortho nitro benzene ring substituents is 1. The van der Waals surface area contributed by atoms with Gasteiger partial charge in [0.25, 0.3) is 11.6 Å². The molecule has 0 saturated heterocycles. The van der Waals surface area contributed by atoms with Gasteiger partial charge in [-0.1, -0.05) is 23.7 Å². The topological polar surface area (TPSA) is 81.5 Å². The lowest BCUT2D eigenvalue weighted by Gasteiger charge is -2.13. The smallest absolute Gasteiger partial charge is 0.420 e. The van der Waals surface area contributed by atoms with Gasteiger partial charge in [-0.2, -0.15) is 13.2 Å². The third-order valence-electron chi connectivity index (χ3n) is 3.22. The summed E-state index contributed by atoms with van der Waals surface area (Å²) in [6.45, 7) is -0.559. The van der Waals surface area contributed by atoms with E-state index in [0.717, 1.165) is 12.1 Å². The second-order valence-electron chi connectivity index (χ2n) is 5.13. The molecule has 26 heavy (non-hydrogen) atoms. The van der Waals surface area contributed by atoms with Crippen molar-refractivity contribution in [3.05, 3.63) is 68.7 Å². The van der Waals surface area contributed by atoms with Crippen molar-refractivity contribution in [3.8, 4) is 5.75 Å². The van der Waals surface area contributed by atoms with Crippen molar-refractivity contribution >= 4 is 23.2 Å². The van der Waals surface area contributed by atoms with Crippen molar-refractivity contribution in [2.45, 2.75) is 12.7 Å². The molecule has 0 bridgehead atoms. The van der Waals surface area contributed by atoms with Crippen LogP contribution in [0.3, 0.4) is 0 Å². The number of nitrogens with one attached hydrogen (secondary N) is 1. The third-order valence-corrected chi connectivity index (χ3v) is 3.45. The van der Waals surface area contributed by atoms with Crippen LogP contribution in [0, 0.1) is 10.1 Å². The van der Waals surface area contributed by atoms with E-state index in [0.29, 0.717) is 16.7 Å². The zero-order chi connectivity index (χ0) is 19.3. The van der Waals surface area contributed by atoms with E-state index in [1.165, 1.54) is 0 Å². The van der Waals surface area contributed by atoms with Gasteiger partial charge in [0.1, 0.15) is 11.3 Å². The predicted molar refractivity (Wildman–Crippen MR) is 86.9 cm³/mol. The van der Waals surface area contributed by atoms with Gasteiger partial charge in [0.2, 0.25) is 0 Å². The molecule has 0 radical (unpaired) electrons. The number of alkyl halides is 3. The van der Waals surface area contributed by atoms with E-state index in [9.17, 15) is 28.1 Å². The normalized spacial score (nSPS) is 11.1. The number of carbonyl (C=O) groups excluding carboxylic acids is 1. The predicted octanol–water partition coefficient (Wildman–Crippen LogP) is 3.96. The largest absolute Gasteiger partial charge is 0.483 e. The molecule has 2 aromatic rings. The molecule has 0 atom stereocenters. The highest BCUT2D eigenvalue weighted by Gasteiger charge is 2.36. The molecular weight excluding hydrogens is 377 g/mol. The van der Waals surface area contributed by atoms with Crippen LogP contribution in [-0.4, -0.2) is 17.4 Å². The van der Waals surface area contributed by atoms with Crippen LogP contribution in [0.4, 0.5) is 18.9 Å². The summed E-state index contributed by atoms with van der Waals surface area (Å²) in [6, 6.07) is 8.72. The Kier molecular flexibility index (Phi) is 6.04. The van der Waals surface area contributed by atoms with Crippen LogP contribution < -0.4 is 10.1 Å². The number of hydrogen-bond acceptors (Lipinski definition) is 4. The molecule has 0 aliphatic heterocycles. The Morgan fingerprint density at radius 1 is 1.23 bits per heavy atom. The first-order chi connectivity index (χ1) is 12.2. The first-order valence-corrected chi connectivity index (χ1v) is 7.54. The summed E-state index contributed by atoms with van der Waals surface area (Å²) in [5.41, 5.74) is -1.35. The minimum atomic E-state index is -4.86. The summed E-state index contributed by atoms with van der Waals surface area (Å²) < 4.78 is 43.9. The number of nitro benzene ring substituents is 1. The molecule has 0 heterocycles. The highest BCUT2D eigenvalue weighted by atomic mass is 35.5. The first kappa shape index (κ1) is 19.5. The first-order valence-electron chi connectivity index (χ1n) is 7.16. The lowest BCUT2D eigenvalue weighted by molar-refractivity contribution is -0.385. The fourth-order valence-electron chi connectivity index (χ4n) is 2.02. The Morgan fingerprint density at radius 3 is 2.58 bits per heavy atom. The summed E-state index contributed by atoms with van der Waals surface area (Å²) in [4.78, 5) is 21.4. The minimum absolute atomic E-state index is 0.120. The van der Waals surface area contributed by atoms with Crippen molar-refractivity contribution < 1.29 is 27.6 Å². The maximum absolute atomic E-state index is 13.0. The fraction of sp³-hybridized carbons (Fsp3) is 0.188. The lowest BCUT2D eigenvalue weighted by atomic mass is 10.1. The number of ether oxygens (including phenoxy) is 1. The molecule has 2 rings (SSSR count). The van der Waals surface area contributed by atoms with Gasteiger partial charge >= 0.3 is 6.18 Å². The minimum Gasteiger partial charge on any atom is -0.483 e. The summed E-state index contributed by atoms with van der Waals surface area (Å²) in [5.74, 6) is -1.32. The van der Waals surface area contributed by atoms with E-state index in [1.807, 2.05) is 0 Å². The van der Waals surface area contributed by atoms with Gasteiger partial charge in [0.15, 0.2) is 6.61 Å². The molecule has 0 aromatic heterocycles. The Balaban J connectivity index is 2.02. The zero-order valence-corrected chi connectivity index (χ0v) is 13.8. The van der Waals surface area contributed by atoms with E-state index in [2.05, 4.69) is 5.32 Å². The Labute approximate surface area is 150 Å². The van der Waals surface area contributed by atoms with E-state index in [4.69, 9.17) is 16.3 Å². The highest BCUT2D eigenvalue weighted by Crippen LogP contribution is 2.38. The molecule has 0 unspecified atom stereocenters. The molecule has 138 valence electrons. The van der Waals surface area contributed by atoms with E-state index in [-0.39, 0.29) is 6.54 Å². The van der Waals surface area contributed by atoms with E-state index >= 15 is 0 Å². The third kappa shape index (κ3) is 5.35. The average Bonchev–Trinajstić information content (AvgIpc) is 2.57. The molecular formula is C16H12ClF3N2O4. The van der Waals surface area contributed by atoms with Gasteiger partial charge in [0, 0.05) is 23.7 Å². The van der Waals surface area contributed by atoms with Crippen molar-refractivity contribution in [1.82, 2.24) is 5.32 Å². The Hall–Kier alpha value is -2.81.